The van der Waals surface area contributed by atoms with Gasteiger partial charge in [0.25, 0.3) is 0 Å². The van der Waals surface area contributed by atoms with E-state index < -0.39 is 10.0 Å². The van der Waals surface area contributed by atoms with Crippen molar-refractivity contribution in [2.75, 3.05) is 11.1 Å². The molecule has 1 unspecified atom stereocenters. The fraction of sp³-hybridized carbons (Fsp3) is 0.143. The predicted octanol–water partition coefficient (Wildman–Crippen LogP) is 2.09. The highest BCUT2D eigenvalue weighted by atomic mass is 32.2. The van der Waals surface area contributed by atoms with Gasteiger partial charge in [0.15, 0.2) is 0 Å². The SMILES string of the molecule is CC(Nc1cc(S(N)(=O)=O)ccc1N)c1ccccc1. The van der Waals surface area contributed by atoms with Crippen LogP contribution in [0.4, 0.5) is 11.4 Å². The van der Waals surface area contributed by atoms with Crippen LogP contribution in [0.5, 0.6) is 0 Å². The minimum Gasteiger partial charge on any atom is -0.397 e. The molecule has 0 saturated carbocycles. The Labute approximate surface area is 118 Å². The van der Waals surface area contributed by atoms with Crippen LogP contribution >= 0.6 is 0 Å². The summed E-state index contributed by atoms with van der Waals surface area (Å²) < 4.78 is 22.7. The summed E-state index contributed by atoms with van der Waals surface area (Å²) in [6.45, 7) is 1.97. The Morgan fingerprint density at radius 2 is 1.75 bits per heavy atom. The second kappa shape index (κ2) is 5.52. The lowest BCUT2D eigenvalue weighted by molar-refractivity contribution is 0.598. The Morgan fingerprint density at radius 3 is 2.35 bits per heavy atom. The van der Waals surface area contributed by atoms with Crippen LogP contribution in [0.2, 0.25) is 0 Å². The molecule has 0 aliphatic heterocycles. The van der Waals surface area contributed by atoms with E-state index in [9.17, 15) is 8.42 Å². The van der Waals surface area contributed by atoms with E-state index in [4.69, 9.17) is 10.9 Å². The summed E-state index contributed by atoms with van der Waals surface area (Å²) in [5.74, 6) is 0. The standard InChI is InChI=1S/C14H17N3O2S/c1-10(11-5-3-2-4-6-11)17-14-9-12(20(16,18)19)7-8-13(14)15/h2-10,17H,15H2,1H3,(H2,16,18,19). The van der Waals surface area contributed by atoms with E-state index in [1.165, 1.54) is 18.2 Å². The topological polar surface area (TPSA) is 98.2 Å². The number of rotatable bonds is 4. The lowest BCUT2D eigenvalue weighted by atomic mass is 10.1. The van der Waals surface area contributed by atoms with Crippen molar-refractivity contribution >= 4 is 21.4 Å². The Balaban J connectivity index is 2.30. The van der Waals surface area contributed by atoms with Gasteiger partial charge in [0.05, 0.1) is 16.3 Å². The van der Waals surface area contributed by atoms with E-state index in [0.717, 1.165) is 5.56 Å². The van der Waals surface area contributed by atoms with Crippen molar-refractivity contribution in [1.82, 2.24) is 0 Å². The van der Waals surface area contributed by atoms with Gasteiger partial charge in [-0.15, -0.1) is 0 Å². The zero-order chi connectivity index (χ0) is 14.8. The van der Waals surface area contributed by atoms with Crippen molar-refractivity contribution in [3.05, 3.63) is 54.1 Å². The number of primary sulfonamides is 1. The lowest BCUT2D eigenvalue weighted by Crippen LogP contribution is -2.14. The van der Waals surface area contributed by atoms with Gasteiger partial charge in [-0.2, -0.15) is 0 Å². The summed E-state index contributed by atoms with van der Waals surface area (Å²) in [6, 6.07) is 14.2. The van der Waals surface area contributed by atoms with E-state index in [0.29, 0.717) is 11.4 Å². The maximum Gasteiger partial charge on any atom is 0.238 e. The fourth-order valence-electron chi connectivity index (χ4n) is 1.90. The van der Waals surface area contributed by atoms with E-state index in [1.54, 1.807) is 0 Å². The van der Waals surface area contributed by atoms with Crippen molar-refractivity contribution in [2.45, 2.75) is 17.9 Å². The average Bonchev–Trinajstić information content (AvgIpc) is 2.41. The maximum atomic E-state index is 11.4. The molecule has 2 rings (SSSR count). The molecular formula is C14H17N3O2S. The molecule has 0 heterocycles. The zero-order valence-electron chi connectivity index (χ0n) is 11.1. The average molecular weight is 291 g/mol. The Bertz CT molecular complexity index is 700. The first-order chi connectivity index (χ1) is 9.38. The molecular weight excluding hydrogens is 274 g/mol. The Hall–Kier alpha value is -2.05. The summed E-state index contributed by atoms with van der Waals surface area (Å²) >= 11 is 0. The van der Waals surface area contributed by atoms with Crippen LogP contribution in [0.25, 0.3) is 0 Å². The van der Waals surface area contributed by atoms with Crippen LogP contribution in [0.1, 0.15) is 18.5 Å². The second-order valence-electron chi connectivity index (χ2n) is 4.57. The molecule has 0 bridgehead atoms. The van der Waals surface area contributed by atoms with Gasteiger partial charge in [-0.1, -0.05) is 30.3 Å². The minimum atomic E-state index is -3.74. The smallest absolute Gasteiger partial charge is 0.238 e. The molecule has 2 aromatic rings. The summed E-state index contributed by atoms with van der Waals surface area (Å²) in [4.78, 5) is 0.0365. The summed E-state index contributed by atoms with van der Waals surface area (Å²) in [7, 11) is -3.74. The number of hydrogen-bond acceptors (Lipinski definition) is 4. The molecule has 0 spiro atoms. The summed E-state index contributed by atoms with van der Waals surface area (Å²) in [6.07, 6.45) is 0. The quantitative estimate of drug-likeness (QED) is 0.751. The van der Waals surface area contributed by atoms with Crippen molar-refractivity contribution in [1.29, 1.82) is 0 Å². The van der Waals surface area contributed by atoms with E-state index >= 15 is 0 Å². The molecule has 2 aromatic carbocycles. The van der Waals surface area contributed by atoms with Gasteiger partial charge < -0.3 is 11.1 Å². The highest BCUT2D eigenvalue weighted by Crippen LogP contribution is 2.26. The molecule has 6 heteroatoms. The Kier molecular flexibility index (Phi) is 3.96. The summed E-state index contributed by atoms with van der Waals surface area (Å²) in [5.41, 5.74) is 7.96. The molecule has 1 atom stereocenters. The fourth-order valence-corrected chi connectivity index (χ4v) is 2.44. The van der Waals surface area contributed by atoms with Crippen LogP contribution < -0.4 is 16.2 Å². The van der Waals surface area contributed by atoms with Crippen LogP contribution in [0, 0.1) is 0 Å². The van der Waals surface area contributed by atoms with Gasteiger partial charge in [0.1, 0.15) is 0 Å². The molecule has 0 aliphatic carbocycles. The first kappa shape index (κ1) is 14.4. The number of sulfonamides is 1. The van der Waals surface area contributed by atoms with Gasteiger partial charge in [-0.3, -0.25) is 0 Å². The van der Waals surface area contributed by atoms with E-state index in [1.807, 2.05) is 37.3 Å². The van der Waals surface area contributed by atoms with Crippen LogP contribution in [-0.4, -0.2) is 8.42 Å². The third kappa shape index (κ3) is 3.28. The maximum absolute atomic E-state index is 11.4. The highest BCUT2D eigenvalue weighted by Gasteiger charge is 2.12. The monoisotopic (exact) mass is 291 g/mol. The van der Waals surface area contributed by atoms with E-state index in [-0.39, 0.29) is 10.9 Å². The van der Waals surface area contributed by atoms with Gasteiger partial charge in [-0.25, -0.2) is 13.6 Å². The number of nitrogens with two attached hydrogens (primary N) is 2. The Morgan fingerprint density at radius 1 is 1.10 bits per heavy atom. The first-order valence-electron chi connectivity index (χ1n) is 6.12. The number of anilines is 2. The molecule has 0 radical (unpaired) electrons. The van der Waals surface area contributed by atoms with Gasteiger partial charge >= 0.3 is 0 Å². The third-order valence-corrected chi connectivity index (χ3v) is 3.94. The van der Waals surface area contributed by atoms with Crippen molar-refractivity contribution in [3.8, 4) is 0 Å². The normalized spacial score (nSPS) is 12.9. The lowest BCUT2D eigenvalue weighted by Gasteiger charge is -2.17. The largest absolute Gasteiger partial charge is 0.397 e. The van der Waals surface area contributed by atoms with Gasteiger partial charge in [-0.05, 0) is 30.7 Å². The summed E-state index contributed by atoms with van der Waals surface area (Å²) in [5, 5.41) is 8.32. The second-order valence-corrected chi connectivity index (χ2v) is 6.13. The first-order valence-corrected chi connectivity index (χ1v) is 7.66. The molecule has 5 nitrogen and oxygen atoms in total. The number of hydrogen-bond donors (Lipinski definition) is 3. The zero-order valence-corrected chi connectivity index (χ0v) is 11.9. The molecule has 0 aliphatic rings. The molecule has 106 valence electrons. The van der Waals surface area contributed by atoms with Crippen molar-refractivity contribution < 1.29 is 8.42 Å². The van der Waals surface area contributed by atoms with Gasteiger partial charge in [0.2, 0.25) is 10.0 Å². The highest BCUT2D eigenvalue weighted by molar-refractivity contribution is 7.89. The van der Waals surface area contributed by atoms with Crippen molar-refractivity contribution in [2.24, 2.45) is 5.14 Å². The molecule has 20 heavy (non-hydrogen) atoms. The minimum absolute atomic E-state index is 0.00534. The molecule has 5 N–H and O–H groups in total. The number of benzene rings is 2. The number of nitrogens with one attached hydrogen (secondary N) is 1. The van der Waals surface area contributed by atoms with Crippen molar-refractivity contribution in [3.63, 3.8) is 0 Å². The predicted molar refractivity (Wildman–Crippen MR) is 80.7 cm³/mol. The molecule has 0 saturated heterocycles. The number of nitrogen functional groups attached to an aromatic ring is 1. The van der Waals surface area contributed by atoms with E-state index in [2.05, 4.69) is 5.32 Å². The van der Waals surface area contributed by atoms with Crippen LogP contribution in [-0.2, 0) is 10.0 Å². The van der Waals surface area contributed by atoms with Crippen LogP contribution in [0.15, 0.2) is 53.4 Å². The molecule has 0 fully saturated rings. The van der Waals surface area contributed by atoms with Gasteiger partial charge in [0, 0.05) is 6.04 Å². The third-order valence-electron chi connectivity index (χ3n) is 3.02. The van der Waals surface area contributed by atoms with Crippen LogP contribution in [0.3, 0.4) is 0 Å². The molecule has 0 aromatic heterocycles. The molecule has 0 amide bonds.